The number of phosphoric acid groups is 1. The molecule has 0 aromatic heterocycles. The van der Waals surface area contributed by atoms with E-state index in [1.54, 1.807) is 0 Å². The lowest BCUT2D eigenvalue weighted by molar-refractivity contribution is -0.161. The molecule has 0 rings (SSSR count). The summed E-state index contributed by atoms with van der Waals surface area (Å²) in [5, 5.41) is 28.0. The van der Waals surface area contributed by atoms with Gasteiger partial charge in [0.25, 0.3) is 0 Å². The first kappa shape index (κ1) is 48.9. The van der Waals surface area contributed by atoms with Crippen LogP contribution in [-0.2, 0) is 32.7 Å². The molecule has 0 aromatic rings. The molecule has 0 spiro atoms. The van der Waals surface area contributed by atoms with Gasteiger partial charge in [-0.15, -0.1) is 0 Å². The number of unbranched alkanes of at least 4 members (excludes halogenated alkanes) is 7. The first-order valence-corrected chi connectivity index (χ1v) is 20.6. The molecule has 11 nitrogen and oxygen atoms in total. The first-order valence-electron chi connectivity index (χ1n) is 19.1. The summed E-state index contributed by atoms with van der Waals surface area (Å²) in [6, 6.07) is 0. The second kappa shape index (κ2) is 33.7. The largest absolute Gasteiger partial charge is 0.472 e. The van der Waals surface area contributed by atoms with E-state index in [0.717, 1.165) is 63.7 Å². The van der Waals surface area contributed by atoms with Gasteiger partial charge in [-0.1, -0.05) is 127 Å². The van der Waals surface area contributed by atoms with E-state index >= 15 is 0 Å². The van der Waals surface area contributed by atoms with E-state index in [2.05, 4.69) is 49.6 Å². The van der Waals surface area contributed by atoms with E-state index in [0.29, 0.717) is 19.3 Å². The van der Waals surface area contributed by atoms with Crippen LogP contribution >= 0.6 is 7.82 Å². The minimum absolute atomic E-state index is 0.147. The summed E-state index contributed by atoms with van der Waals surface area (Å²) in [6.45, 7) is 4.37. The Bertz CT molecular complexity index is 1030. The van der Waals surface area contributed by atoms with Gasteiger partial charge in [0.1, 0.15) is 12.7 Å². The first-order chi connectivity index (χ1) is 24.5. The molecule has 0 aromatic carbocycles. The zero-order valence-electron chi connectivity index (χ0n) is 31.6. The monoisotopic (exact) mass is 744 g/mol. The summed E-state index contributed by atoms with van der Waals surface area (Å²) < 4.78 is 32.5. The van der Waals surface area contributed by atoms with Gasteiger partial charge in [0.05, 0.1) is 25.9 Å². The fourth-order valence-electron chi connectivity index (χ4n) is 4.68. The Morgan fingerprint density at radius 2 is 1.29 bits per heavy atom. The fraction of sp³-hybridized carbons (Fsp3) is 0.744. The van der Waals surface area contributed by atoms with Crippen LogP contribution in [0.15, 0.2) is 48.6 Å². The Kier molecular flexibility index (Phi) is 32.3. The lowest BCUT2D eigenvalue weighted by atomic mass is 10.00. The molecular formula is C39H69O11P. The maximum Gasteiger partial charge on any atom is 0.472 e. The second-order valence-electron chi connectivity index (χ2n) is 13.0. The van der Waals surface area contributed by atoms with Crippen LogP contribution in [0.25, 0.3) is 0 Å². The maximum absolute atomic E-state index is 12.5. The number of carbonyl (C=O) groups is 2. The van der Waals surface area contributed by atoms with Crippen molar-refractivity contribution in [1.82, 2.24) is 0 Å². The molecule has 0 bridgehead atoms. The number of carbonyl (C=O) groups excluding carboxylic acids is 2. The van der Waals surface area contributed by atoms with Gasteiger partial charge in [-0.2, -0.15) is 0 Å². The summed E-state index contributed by atoms with van der Waals surface area (Å²) >= 11 is 0. The smallest absolute Gasteiger partial charge is 0.462 e. The molecule has 0 amide bonds. The van der Waals surface area contributed by atoms with E-state index in [-0.39, 0.29) is 25.6 Å². The number of aliphatic hydroxyl groups is 3. The van der Waals surface area contributed by atoms with Crippen molar-refractivity contribution in [2.75, 3.05) is 26.4 Å². The average molecular weight is 745 g/mol. The SMILES string of the molecule is CCCC[C@H](O)/C=C\C/C=C\C/C=C\C/C=C\CCCC(=O)OC[C@H](COP(=O)(O)OC[C@@H](O)CO)OC(=O)CCCCCCCCC(C)CC. The van der Waals surface area contributed by atoms with Gasteiger partial charge in [0.15, 0.2) is 6.10 Å². The highest BCUT2D eigenvalue weighted by molar-refractivity contribution is 7.47. The number of ether oxygens (including phenoxy) is 2. The number of allylic oxidation sites excluding steroid dienone is 7. The van der Waals surface area contributed by atoms with Crippen molar-refractivity contribution in [2.45, 2.75) is 155 Å². The third kappa shape index (κ3) is 33.5. The zero-order chi connectivity index (χ0) is 38.0. The molecule has 4 N–H and O–H groups in total. The Balaban J connectivity index is 4.49. The summed E-state index contributed by atoms with van der Waals surface area (Å²) in [4.78, 5) is 34.8. The quantitative estimate of drug-likeness (QED) is 0.0217. The van der Waals surface area contributed by atoms with Crippen LogP contribution in [0.1, 0.15) is 136 Å². The van der Waals surface area contributed by atoms with Gasteiger partial charge in [0.2, 0.25) is 0 Å². The van der Waals surface area contributed by atoms with Crippen LogP contribution in [0.4, 0.5) is 0 Å². The maximum atomic E-state index is 12.5. The Labute approximate surface area is 307 Å². The lowest BCUT2D eigenvalue weighted by Crippen LogP contribution is -2.29. The Morgan fingerprint density at radius 3 is 1.94 bits per heavy atom. The Morgan fingerprint density at radius 1 is 0.706 bits per heavy atom. The van der Waals surface area contributed by atoms with Crippen molar-refractivity contribution >= 4 is 19.8 Å². The van der Waals surface area contributed by atoms with Crippen molar-refractivity contribution in [3.63, 3.8) is 0 Å². The van der Waals surface area contributed by atoms with E-state index < -0.39 is 51.8 Å². The van der Waals surface area contributed by atoms with Crippen molar-refractivity contribution in [3.05, 3.63) is 48.6 Å². The van der Waals surface area contributed by atoms with E-state index in [9.17, 15) is 29.3 Å². The fourth-order valence-corrected chi connectivity index (χ4v) is 5.47. The lowest BCUT2D eigenvalue weighted by Gasteiger charge is -2.20. The van der Waals surface area contributed by atoms with Crippen LogP contribution in [0.3, 0.4) is 0 Å². The molecule has 12 heteroatoms. The zero-order valence-corrected chi connectivity index (χ0v) is 32.5. The summed E-state index contributed by atoms with van der Waals surface area (Å²) in [6.07, 6.45) is 28.7. The number of hydrogen-bond donors (Lipinski definition) is 4. The highest BCUT2D eigenvalue weighted by atomic mass is 31.2. The normalized spacial score (nSPS) is 15.8. The molecular weight excluding hydrogens is 675 g/mol. The van der Waals surface area contributed by atoms with Gasteiger partial charge >= 0.3 is 19.8 Å². The van der Waals surface area contributed by atoms with Gasteiger partial charge in [-0.3, -0.25) is 18.6 Å². The van der Waals surface area contributed by atoms with Crippen molar-refractivity contribution < 1.29 is 52.9 Å². The topological polar surface area (TPSA) is 169 Å². The van der Waals surface area contributed by atoms with Crippen molar-refractivity contribution in [1.29, 1.82) is 0 Å². The number of aliphatic hydroxyl groups excluding tert-OH is 3. The van der Waals surface area contributed by atoms with Gasteiger partial charge in [-0.25, -0.2) is 4.57 Å². The molecule has 0 aliphatic rings. The average Bonchev–Trinajstić information content (AvgIpc) is 3.11. The molecule has 0 aliphatic heterocycles. The molecule has 296 valence electrons. The predicted molar refractivity (Wildman–Crippen MR) is 202 cm³/mol. The summed E-state index contributed by atoms with van der Waals surface area (Å²) in [7, 11) is -4.63. The number of phosphoric ester groups is 1. The molecule has 51 heavy (non-hydrogen) atoms. The Hall–Kier alpha value is -2.11. The minimum Gasteiger partial charge on any atom is -0.462 e. The number of hydrogen-bond acceptors (Lipinski definition) is 10. The third-order valence-corrected chi connectivity index (χ3v) is 9.05. The molecule has 0 aliphatic carbocycles. The highest BCUT2D eigenvalue weighted by Crippen LogP contribution is 2.43. The van der Waals surface area contributed by atoms with E-state index in [1.165, 1.54) is 25.7 Å². The minimum atomic E-state index is -4.63. The third-order valence-electron chi connectivity index (χ3n) is 8.10. The van der Waals surface area contributed by atoms with Crippen LogP contribution in [-0.4, -0.2) is 76.9 Å². The van der Waals surface area contributed by atoms with Crippen molar-refractivity contribution in [2.24, 2.45) is 5.92 Å². The predicted octanol–water partition coefficient (Wildman–Crippen LogP) is 8.21. The van der Waals surface area contributed by atoms with E-state index in [4.69, 9.17) is 19.1 Å². The standard InChI is InChI=1S/C39H69O11P/c1-4-6-26-35(41)27-22-18-13-11-9-7-8-10-12-14-19-23-28-38(43)47-32-37(33-49-51(45,46)48-31-36(42)30-40)50-39(44)29-24-20-16-15-17-21-25-34(3)5-2/h7-8,11-14,22,27,34-37,40-42H,4-6,9-10,15-21,23-26,28-33H2,1-3H3,(H,45,46)/b8-7-,13-11-,14-12-,27-22-/t34?,35-,36-,37+/m0/s1. The van der Waals surface area contributed by atoms with Crippen LogP contribution in [0, 0.1) is 5.92 Å². The molecule has 2 unspecified atom stereocenters. The van der Waals surface area contributed by atoms with Gasteiger partial charge in [-0.05, 0) is 50.9 Å². The summed E-state index contributed by atoms with van der Waals surface area (Å²) in [5.41, 5.74) is 0. The molecule has 0 fully saturated rings. The molecule has 5 atom stereocenters. The summed E-state index contributed by atoms with van der Waals surface area (Å²) in [5.74, 6) is -0.267. The second-order valence-corrected chi connectivity index (χ2v) is 14.5. The van der Waals surface area contributed by atoms with E-state index in [1.807, 2.05) is 24.3 Å². The highest BCUT2D eigenvalue weighted by Gasteiger charge is 2.27. The number of rotatable bonds is 34. The van der Waals surface area contributed by atoms with Crippen molar-refractivity contribution in [3.8, 4) is 0 Å². The number of esters is 2. The molecule has 0 heterocycles. The molecule has 0 saturated heterocycles. The van der Waals surface area contributed by atoms with Crippen LogP contribution < -0.4 is 0 Å². The molecule has 0 saturated carbocycles. The molecule has 0 radical (unpaired) electrons. The van der Waals surface area contributed by atoms with Crippen LogP contribution in [0.5, 0.6) is 0 Å². The van der Waals surface area contributed by atoms with Gasteiger partial charge in [0, 0.05) is 12.8 Å². The van der Waals surface area contributed by atoms with Gasteiger partial charge < -0.3 is 29.7 Å². The van der Waals surface area contributed by atoms with Crippen LogP contribution in [0.2, 0.25) is 0 Å².